The summed E-state index contributed by atoms with van der Waals surface area (Å²) in [5.41, 5.74) is 0. The molecule has 0 aromatic carbocycles. The van der Waals surface area contributed by atoms with Crippen LogP contribution in [0.5, 0.6) is 0 Å². The number of aliphatic hydroxyl groups is 1. The highest BCUT2D eigenvalue weighted by atomic mass is 16.3. The molecule has 0 saturated carbocycles. The van der Waals surface area contributed by atoms with Gasteiger partial charge in [-0.05, 0) is 14.0 Å². The zero-order chi connectivity index (χ0) is 7.98. The van der Waals surface area contributed by atoms with Crippen molar-refractivity contribution in [1.29, 1.82) is 0 Å². The van der Waals surface area contributed by atoms with Crippen molar-refractivity contribution in [2.45, 2.75) is 13.0 Å². The number of carbonyl (C=O) groups excluding carboxylic acids is 1. The Morgan fingerprint density at radius 1 is 1.70 bits per heavy atom. The minimum absolute atomic E-state index is 0.0184. The van der Waals surface area contributed by atoms with Crippen molar-refractivity contribution >= 4 is 5.91 Å². The third-order valence-corrected chi connectivity index (χ3v) is 1.02. The number of likely N-dealkylation sites (N-methyl/N-ethyl adjacent to an activating group) is 1. The highest BCUT2D eigenvalue weighted by Gasteiger charge is 2.02. The van der Waals surface area contributed by atoms with Gasteiger partial charge in [-0.3, -0.25) is 4.79 Å². The minimum Gasteiger partial charge on any atom is -0.394 e. The quantitative estimate of drug-likeness (QED) is 0.462. The first-order chi connectivity index (χ1) is 4.70. The Balaban J connectivity index is 3.37. The molecule has 3 N–H and O–H groups in total. The van der Waals surface area contributed by atoms with Gasteiger partial charge in [0, 0.05) is 6.04 Å². The lowest BCUT2D eigenvalue weighted by Gasteiger charge is -2.09. The molecule has 4 heteroatoms. The van der Waals surface area contributed by atoms with Crippen LogP contribution in [0.1, 0.15) is 6.92 Å². The van der Waals surface area contributed by atoms with Gasteiger partial charge in [0.05, 0.1) is 13.2 Å². The summed E-state index contributed by atoms with van der Waals surface area (Å²) in [5.74, 6) is -0.0935. The van der Waals surface area contributed by atoms with Crippen LogP contribution >= 0.6 is 0 Å². The third-order valence-electron chi connectivity index (χ3n) is 1.02. The molecular formula is C6H14N2O2. The maximum Gasteiger partial charge on any atom is 0.234 e. The van der Waals surface area contributed by atoms with E-state index in [0.29, 0.717) is 6.54 Å². The van der Waals surface area contributed by atoms with Gasteiger partial charge in [0.2, 0.25) is 5.91 Å². The first kappa shape index (κ1) is 9.39. The molecule has 0 heterocycles. The standard InChI is InChI=1S/C6H14N2O2/c1-5(4-9)8-6(10)3-7-2/h5,7,9H,3-4H2,1-2H3,(H,8,10)/t5-/m0/s1. The molecule has 0 bridgehead atoms. The lowest BCUT2D eigenvalue weighted by Crippen LogP contribution is -2.39. The van der Waals surface area contributed by atoms with E-state index in [4.69, 9.17) is 5.11 Å². The summed E-state index contributed by atoms with van der Waals surface area (Å²) in [7, 11) is 1.70. The number of rotatable bonds is 4. The molecule has 4 nitrogen and oxygen atoms in total. The van der Waals surface area contributed by atoms with Crippen molar-refractivity contribution < 1.29 is 9.90 Å². The summed E-state index contributed by atoms with van der Waals surface area (Å²) in [6.45, 7) is 2.02. The lowest BCUT2D eigenvalue weighted by atomic mass is 10.3. The number of nitrogens with one attached hydrogen (secondary N) is 2. The Morgan fingerprint density at radius 3 is 2.70 bits per heavy atom. The van der Waals surface area contributed by atoms with E-state index in [0.717, 1.165) is 0 Å². The molecule has 0 aliphatic rings. The molecule has 1 amide bonds. The van der Waals surface area contributed by atoms with Crippen LogP contribution in [0.25, 0.3) is 0 Å². The molecule has 0 aliphatic carbocycles. The average molecular weight is 146 g/mol. The van der Waals surface area contributed by atoms with Crippen molar-refractivity contribution in [1.82, 2.24) is 10.6 Å². The Bertz CT molecular complexity index is 106. The van der Waals surface area contributed by atoms with Crippen LogP contribution in [0.3, 0.4) is 0 Å². The molecule has 1 atom stereocenters. The number of hydrogen-bond acceptors (Lipinski definition) is 3. The van der Waals surface area contributed by atoms with Crippen molar-refractivity contribution in [2.24, 2.45) is 0 Å². The maximum absolute atomic E-state index is 10.7. The summed E-state index contributed by atoms with van der Waals surface area (Å²) >= 11 is 0. The van der Waals surface area contributed by atoms with Crippen molar-refractivity contribution in [3.05, 3.63) is 0 Å². The van der Waals surface area contributed by atoms with Gasteiger partial charge >= 0.3 is 0 Å². The number of amides is 1. The van der Waals surface area contributed by atoms with Gasteiger partial charge in [-0.2, -0.15) is 0 Å². The van der Waals surface area contributed by atoms with E-state index in [2.05, 4.69) is 10.6 Å². The van der Waals surface area contributed by atoms with Crippen LogP contribution in [0, 0.1) is 0 Å². The minimum atomic E-state index is -0.152. The van der Waals surface area contributed by atoms with E-state index in [1.54, 1.807) is 14.0 Å². The zero-order valence-corrected chi connectivity index (χ0v) is 6.35. The molecule has 0 radical (unpaired) electrons. The van der Waals surface area contributed by atoms with Crippen LogP contribution < -0.4 is 10.6 Å². The number of aliphatic hydroxyl groups excluding tert-OH is 1. The monoisotopic (exact) mass is 146 g/mol. The highest BCUT2D eigenvalue weighted by molar-refractivity contribution is 5.78. The molecular weight excluding hydrogens is 132 g/mol. The molecule has 0 aromatic heterocycles. The summed E-state index contributed by atoms with van der Waals surface area (Å²) in [4.78, 5) is 10.7. The Morgan fingerprint density at radius 2 is 2.30 bits per heavy atom. The molecule has 60 valence electrons. The molecule has 0 saturated heterocycles. The molecule has 0 spiro atoms. The van der Waals surface area contributed by atoms with Gasteiger partial charge in [-0.25, -0.2) is 0 Å². The van der Waals surface area contributed by atoms with Gasteiger partial charge < -0.3 is 15.7 Å². The fourth-order valence-corrected chi connectivity index (χ4v) is 0.532. The first-order valence-corrected chi connectivity index (χ1v) is 3.25. The predicted octanol–water partition coefficient (Wildman–Crippen LogP) is -1.30. The normalized spacial score (nSPS) is 12.7. The van der Waals surface area contributed by atoms with E-state index in [1.807, 2.05) is 0 Å². The topological polar surface area (TPSA) is 61.4 Å². The number of hydrogen-bond donors (Lipinski definition) is 3. The fraction of sp³-hybridized carbons (Fsp3) is 0.833. The van der Waals surface area contributed by atoms with E-state index < -0.39 is 0 Å². The van der Waals surface area contributed by atoms with Crippen molar-refractivity contribution in [3.63, 3.8) is 0 Å². The fourth-order valence-electron chi connectivity index (χ4n) is 0.532. The summed E-state index contributed by atoms with van der Waals surface area (Å²) in [6.07, 6.45) is 0. The van der Waals surface area contributed by atoms with E-state index in [1.165, 1.54) is 0 Å². The summed E-state index contributed by atoms with van der Waals surface area (Å²) in [5, 5.41) is 13.8. The highest BCUT2D eigenvalue weighted by Crippen LogP contribution is 1.76. The Kier molecular flexibility index (Phi) is 4.88. The first-order valence-electron chi connectivity index (χ1n) is 3.25. The van der Waals surface area contributed by atoms with Crippen LogP contribution in [0.15, 0.2) is 0 Å². The van der Waals surface area contributed by atoms with Gasteiger partial charge in [0.1, 0.15) is 0 Å². The average Bonchev–Trinajstić information content (AvgIpc) is 1.88. The number of carbonyl (C=O) groups is 1. The van der Waals surface area contributed by atoms with Crippen molar-refractivity contribution in [3.8, 4) is 0 Å². The predicted molar refractivity (Wildman–Crippen MR) is 38.6 cm³/mol. The SMILES string of the molecule is CNCC(=O)N[C@@H](C)CO. The van der Waals surface area contributed by atoms with Crippen LogP contribution in [0.2, 0.25) is 0 Å². The Hall–Kier alpha value is -0.610. The van der Waals surface area contributed by atoms with Gasteiger partial charge in [0.15, 0.2) is 0 Å². The van der Waals surface area contributed by atoms with Gasteiger partial charge in [0.25, 0.3) is 0 Å². The lowest BCUT2D eigenvalue weighted by molar-refractivity contribution is -0.121. The van der Waals surface area contributed by atoms with E-state index >= 15 is 0 Å². The van der Waals surface area contributed by atoms with E-state index in [9.17, 15) is 4.79 Å². The summed E-state index contributed by atoms with van der Waals surface area (Å²) in [6, 6.07) is -0.152. The molecule has 0 aromatic rings. The molecule has 0 fully saturated rings. The smallest absolute Gasteiger partial charge is 0.234 e. The summed E-state index contributed by atoms with van der Waals surface area (Å²) < 4.78 is 0. The van der Waals surface area contributed by atoms with E-state index in [-0.39, 0.29) is 18.6 Å². The molecule has 0 rings (SSSR count). The Labute approximate surface area is 60.6 Å². The van der Waals surface area contributed by atoms with Crippen molar-refractivity contribution in [2.75, 3.05) is 20.2 Å². The second-order valence-electron chi connectivity index (χ2n) is 2.18. The molecule has 0 unspecified atom stereocenters. The van der Waals surface area contributed by atoms with Gasteiger partial charge in [-0.15, -0.1) is 0 Å². The van der Waals surface area contributed by atoms with Crippen LogP contribution in [-0.2, 0) is 4.79 Å². The molecule has 0 aliphatic heterocycles. The third kappa shape index (κ3) is 4.29. The second-order valence-corrected chi connectivity index (χ2v) is 2.18. The largest absolute Gasteiger partial charge is 0.394 e. The van der Waals surface area contributed by atoms with Crippen LogP contribution in [0.4, 0.5) is 0 Å². The second kappa shape index (κ2) is 5.20. The van der Waals surface area contributed by atoms with Crippen LogP contribution in [-0.4, -0.2) is 37.3 Å². The molecule has 10 heavy (non-hydrogen) atoms. The maximum atomic E-state index is 10.7. The zero-order valence-electron chi connectivity index (χ0n) is 6.35. The van der Waals surface area contributed by atoms with Gasteiger partial charge in [-0.1, -0.05) is 0 Å².